The van der Waals surface area contributed by atoms with Crippen molar-refractivity contribution in [2.24, 2.45) is 22.2 Å². The largest absolute Gasteiger partial charge is 0.480 e. The monoisotopic (exact) mass is 562 g/mol. The smallest absolute Gasteiger partial charge is 0.328 e. The molecule has 2 aromatic rings. The van der Waals surface area contributed by atoms with Crippen LogP contribution in [0.25, 0.3) is 10.9 Å². The molecule has 15 heteroatoms. The average molecular weight is 563 g/mol. The number of amides is 3. The Bertz CT molecular complexity index is 1210. The number of aliphatic carboxylic acids is 1. The van der Waals surface area contributed by atoms with E-state index in [0.29, 0.717) is 5.56 Å². The molecule has 6 unspecified atom stereocenters. The first-order valence-electron chi connectivity index (χ1n) is 12.7. The molecule has 0 spiro atoms. The number of fused-ring (bicyclic) bond motifs is 1. The topological polar surface area (TPSA) is 271 Å². The number of rotatable bonds is 15. The molecule has 0 aliphatic heterocycles. The number of nitrogens with zero attached hydrogens (tertiary/aromatic N) is 1. The van der Waals surface area contributed by atoms with Crippen LogP contribution in [-0.2, 0) is 25.6 Å². The van der Waals surface area contributed by atoms with Gasteiger partial charge in [0.25, 0.3) is 0 Å². The Labute approximate surface area is 230 Å². The van der Waals surface area contributed by atoms with E-state index in [1.807, 2.05) is 24.3 Å². The number of aliphatic hydroxyl groups is 2. The van der Waals surface area contributed by atoms with E-state index in [1.165, 1.54) is 13.8 Å². The third-order valence-corrected chi connectivity index (χ3v) is 6.18. The van der Waals surface area contributed by atoms with Crippen molar-refractivity contribution in [2.45, 2.75) is 69.5 Å². The minimum absolute atomic E-state index is 0.00143. The first kappa shape index (κ1) is 32.0. The van der Waals surface area contributed by atoms with Crippen LogP contribution in [0, 0.1) is 0 Å². The van der Waals surface area contributed by atoms with E-state index in [9.17, 15) is 34.5 Å². The quantitative estimate of drug-likeness (QED) is 0.0613. The molecule has 13 N–H and O–H groups in total. The first-order chi connectivity index (χ1) is 18.8. The molecule has 1 heterocycles. The van der Waals surface area contributed by atoms with Gasteiger partial charge in [0, 0.05) is 30.1 Å². The molecule has 0 bridgehead atoms. The number of aromatic nitrogens is 1. The van der Waals surface area contributed by atoms with Crippen LogP contribution >= 0.6 is 0 Å². The SMILES string of the molecule is CC(O)C(N)C(=O)NC(Cc1c[nH]c2ccccc12)C(=O)NC(CCCN=C(N)N)C(=O)NC(C(=O)O)C(C)O. The number of nitrogens with two attached hydrogens (primary N) is 3. The molecule has 0 saturated heterocycles. The number of hydrogen-bond donors (Lipinski definition) is 10. The predicted octanol–water partition coefficient (Wildman–Crippen LogP) is -2.61. The number of benzene rings is 1. The maximum atomic E-state index is 13.5. The Morgan fingerprint density at radius 1 is 0.950 bits per heavy atom. The second kappa shape index (κ2) is 14.8. The third-order valence-electron chi connectivity index (χ3n) is 6.18. The number of hydrogen-bond acceptors (Lipinski definition) is 8. The van der Waals surface area contributed by atoms with Gasteiger partial charge in [0.05, 0.1) is 12.2 Å². The second-order valence-electron chi connectivity index (χ2n) is 9.47. The standard InChI is InChI=1S/C25H38N8O7/c1-12(34)19(26)23(38)32-18(10-14-11-30-16-7-4-3-6-15(14)16)22(37)31-17(8-5-9-29-25(27)28)21(36)33-20(13(2)35)24(39)40/h3-4,6-7,11-13,17-20,30,34-35H,5,8-10,26H2,1-2H3,(H,31,37)(H,32,38)(H,33,36)(H,39,40)(H4,27,28,29). The highest BCUT2D eigenvalue weighted by molar-refractivity contribution is 5.95. The fourth-order valence-corrected chi connectivity index (χ4v) is 3.90. The number of carboxylic acids is 1. The summed E-state index contributed by atoms with van der Waals surface area (Å²) in [4.78, 5) is 57.6. The Morgan fingerprint density at radius 2 is 1.57 bits per heavy atom. The Balaban J connectivity index is 2.33. The number of carboxylic acid groups (broad SMARTS) is 1. The zero-order valence-electron chi connectivity index (χ0n) is 22.3. The Morgan fingerprint density at radius 3 is 2.17 bits per heavy atom. The van der Waals surface area contributed by atoms with Gasteiger partial charge >= 0.3 is 5.97 Å². The first-order valence-corrected chi connectivity index (χ1v) is 12.7. The van der Waals surface area contributed by atoms with Crippen molar-refractivity contribution in [3.63, 3.8) is 0 Å². The maximum absolute atomic E-state index is 13.5. The van der Waals surface area contributed by atoms with Crippen LogP contribution in [0.3, 0.4) is 0 Å². The molecule has 0 aliphatic rings. The van der Waals surface area contributed by atoms with E-state index in [1.54, 1.807) is 6.20 Å². The normalized spacial score (nSPS) is 15.6. The molecule has 0 radical (unpaired) electrons. The van der Waals surface area contributed by atoms with Crippen LogP contribution in [-0.4, -0.2) is 92.9 Å². The predicted molar refractivity (Wildman–Crippen MR) is 147 cm³/mol. The summed E-state index contributed by atoms with van der Waals surface area (Å²) in [5, 5.41) is 37.0. The van der Waals surface area contributed by atoms with E-state index in [0.717, 1.165) is 10.9 Å². The molecule has 3 amide bonds. The molecule has 1 aromatic heterocycles. The van der Waals surface area contributed by atoms with Gasteiger partial charge in [0.2, 0.25) is 17.7 Å². The number of H-pyrrole nitrogens is 1. The molecule has 220 valence electrons. The second-order valence-corrected chi connectivity index (χ2v) is 9.47. The van der Waals surface area contributed by atoms with Crippen molar-refractivity contribution in [1.82, 2.24) is 20.9 Å². The number of carbonyl (C=O) groups excluding carboxylic acids is 3. The molecule has 40 heavy (non-hydrogen) atoms. The van der Waals surface area contributed by atoms with Crippen LogP contribution in [0.4, 0.5) is 0 Å². The van der Waals surface area contributed by atoms with Crippen molar-refractivity contribution < 1.29 is 34.5 Å². The fraction of sp³-hybridized carbons (Fsp3) is 0.480. The highest BCUT2D eigenvalue weighted by Gasteiger charge is 2.32. The van der Waals surface area contributed by atoms with Crippen molar-refractivity contribution in [1.29, 1.82) is 0 Å². The van der Waals surface area contributed by atoms with Gasteiger partial charge in [-0.15, -0.1) is 0 Å². The van der Waals surface area contributed by atoms with Gasteiger partial charge in [-0.25, -0.2) is 4.79 Å². The summed E-state index contributed by atoms with van der Waals surface area (Å²) in [6.45, 7) is 2.65. The fourth-order valence-electron chi connectivity index (χ4n) is 3.90. The van der Waals surface area contributed by atoms with Crippen molar-refractivity contribution in [3.05, 3.63) is 36.0 Å². The van der Waals surface area contributed by atoms with Crippen LogP contribution in [0.5, 0.6) is 0 Å². The van der Waals surface area contributed by atoms with Crippen LogP contribution in [0.2, 0.25) is 0 Å². The van der Waals surface area contributed by atoms with E-state index in [2.05, 4.69) is 25.9 Å². The van der Waals surface area contributed by atoms with Gasteiger partial charge in [0.1, 0.15) is 18.1 Å². The molecular weight excluding hydrogens is 524 g/mol. The number of guanidine groups is 1. The molecule has 15 nitrogen and oxygen atoms in total. The van der Waals surface area contributed by atoms with Gasteiger partial charge in [-0.3, -0.25) is 19.4 Å². The lowest BCUT2D eigenvalue weighted by atomic mass is 10.0. The summed E-state index contributed by atoms with van der Waals surface area (Å²) in [5.41, 5.74) is 17.9. The average Bonchev–Trinajstić information content (AvgIpc) is 3.29. The molecule has 2 rings (SSSR count). The molecule has 0 aliphatic carbocycles. The lowest BCUT2D eigenvalue weighted by Gasteiger charge is -2.26. The summed E-state index contributed by atoms with van der Waals surface area (Å²) in [6, 6.07) is 1.88. The third kappa shape index (κ3) is 9.21. The van der Waals surface area contributed by atoms with Gasteiger partial charge in [-0.05, 0) is 38.3 Å². The summed E-state index contributed by atoms with van der Waals surface area (Å²) >= 11 is 0. The van der Waals surface area contributed by atoms with E-state index in [4.69, 9.17) is 17.2 Å². The van der Waals surface area contributed by atoms with Gasteiger partial charge in [-0.2, -0.15) is 0 Å². The highest BCUT2D eigenvalue weighted by atomic mass is 16.4. The lowest BCUT2D eigenvalue weighted by Crippen LogP contribution is -2.59. The van der Waals surface area contributed by atoms with Crippen molar-refractivity contribution in [2.75, 3.05) is 6.54 Å². The molecule has 1 aromatic carbocycles. The van der Waals surface area contributed by atoms with E-state index in [-0.39, 0.29) is 31.8 Å². The van der Waals surface area contributed by atoms with Crippen LogP contribution in [0.1, 0.15) is 32.3 Å². The molecular formula is C25H38N8O7. The minimum atomic E-state index is -1.63. The van der Waals surface area contributed by atoms with Crippen molar-refractivity contribution in [3.8, 4) is 0 Å². The number of aliphatic imine (C=N–C) groups is 1. The zero-order valence-corrected chi connectivity index (χ0v) is 22.3. The van der Waals surface area contributed by atoms with Crippen LogP contribution in [0.15, 0.2) is 35.5 Å². The Hall–Kier alpha value is -4.21. The summed E-state index contributed by atoms with van der Waals surface area (Å²) in [7, 11) is 0. The van der Waals surface area contributed by atoms with Gasteiger partial charge in [0.15, 0.2) is 12.0 Å². The number of para-hydroxylation sites is 1. The highest BCUT2D eigenvalue weighted by Crippen LogP contribution is 2.19. The zero-order chi connectivity index (χ0) is 30.0. The van der Waals surface area contributed by atoms with E-state index >= 15 is 0 Å². The summed E-state index contributed by atoms with van der Waals surface area (Å²) in [6.07, 6.45) is -0.696. The van der Waals surface area contributed by atoms with E-state index < -0.39 is 60.1 Å². The van der Waals surface area contributed by atoms with Gasteiger partial charge < -0.3 is 53.5 Å². The molecule has 0 saturated carbocycles. The van der Waals surface area contributed by atoms with Crippen molar-refractivity contribution >= 4 is 40.6 Å². The number of aliphatic hydroxyl groups excluding tert-OH is 2. The minimum Gasteiger partial charge on any atom is -0.480 e. The molecule has 0 fully saturated rings. The molecule has 6 atom stereocenters. The number of carbonyl (C=O) groups is 4. The Kier molecular flexibility index (Phi) is 11.8. The number of nitrogens with one attached hydrogen (secondary N) is 4. The lowest BCUT2D eigenvalue weighted by molar-refractivity contribution is -0.145. The summed E-state index contributed by atoms with van der Waals surface area (Å²) < 4.78 is 0. The number of aromatic amines is 1. The summed E-state index contributed by atoms with van der Waals surface area (Å²) in [5.74, 6) is -4.05. The maximum Gasteiger partial charge on any atom is 0.328 e. The van der Waals surface area contributed by atoms with Crippen LogP contribution < -0.4 is 33.2 Å². The van der Waals surface area contributed by atoms with Gasteiger partial charge in [-0.1, -0.05) is 18.2 Å².